The molecule has 1 unspecified atom stereocenters. The van der Waals surface area contributed by atoms with E-state index in [1.54, 1.807) is 0 Å². The molecule has 5 nitrogen and oxygen atoms in total. The lowest BCUT2D eigenvalue weighted by molar-refractivity contribution is 0.306. The number of hydrogen-bond acceptors (Lipinski definition) is 4. The van der Waals surface area contributed by atoms with Crippen LogP contribution < -0.4 is 5.32 Å². The molecule has 0 aromatic carbocycles. The summed E-state index contributed by atoms with van der Waals surface area (Å²) in [5, 5.41) is 7.32. The monoisotopic (exact) mass is 218 g/mol. The van der Waals surface area contributed by atoms with Gasteiger partial charge in [-0.1, -0.05) is 5.16 Å². The molecule has 0 saturated carbocycles. The van der Waals surface area contributed by atoms with Gasteiger partial charge >= 0.3 is 0 Å². The maximum atomic E-state index is 5.35. The lowest BCUT2D eigenvalue weighted by Gasteiger charge is -2.15. The smallest absolute Gasteiger partial charge is 0.234 e. The Kier molecular flexibility index (Phi) is 2.07. The van der Waals surface area contributed by atoms with Crippen LogP contribution in [-0.2, 0) is 5.41 Å². The Bertz CT molecular complexity index is 468. The van der Waals surface area contributed by atoms with Crippen LogP contribution in [0.2, 0.25) is 0 Å². The van der Waals surface area contributed by atoms with Gasteiger partial charge in [0.2, 0.25) is 11.7 Å². The highest BCUT2D eigenvalue weighted by molar-refractivity contribution is 5.48. The summed E-state index contributed by atoms with van der Waals surface area (Å²) < 4.78 is 5.35. The lowest BCUT2D eigenvalue weighted by atomic mass is 9.90. The minimum atomic E-state index is -0.0160. The summed E-state index contributed by atoms with van der Waals surface area (Å²) in [4.78, 5) is 7.53. The summed E-state index contributed by atoms with van der Waals surface area (Å²) in [6.45, 7) is 4.06. The SMILES string of the molecule is CC1(c2nc(-c3ccc[nH]3)no2)CCNC1. The average molecular weight is 218 g/mol. The van der Waals surface area contributed by atoms with Crippen molar-refractivity contribution >= 4 is 0 Å². The minimum Gasteiger partial charge on any atom is -0.359 e. The molecule has 2 aromatic rings. The number of H-pyrrole nitrogens is 1. The summed E-state index contributed by atoms with van der Waals surface area (Å²) in [6, 6.07) is 3.86. The predicted octanol–water partition coefficient (Wildman–Crippen LogP) is 1.32. The number of aromatic nitrogens is 3. The third kappa shape index (κ3) is 1.44. The van der Waals surface area contributed by atoms with Crippen LogP contribution in [0.15, 0.2) is 22.9 Å². The molecule has 5 heteroatoms. The number of hydrogen-bond donors (Lipinski definition) is 2. The highest BCUT2D eigenvalue weighted by Crippen LogP contribution is 2.29. The van der Waals surface area contributed by atoms with E-state index in [-0.39, 0.29) is 5.41 Å². The third-order valence-corrected chi connectivity index (χ3v) is 3.15. The molecule has 1 aliphatic rings. The number of rotatable bonds is 2. The van der Waals surface area contributed by atoms with E-state index < -0.39 is 0 Å². The number of nitrogens with zero attached hydrogens (tertiary/aromatic N) is 2. The maximum Gasteiger partial charge on any atom is 0.234 e. The molecule has 84 valence electrons. The Morgan fingerprint density at radius 2 is 2.44 bits per heavy atom. The van der Waals surface area contributed by atoms with Crippen molar-refractivity contribution in [2.45, 2.75) is 18.8 Å². The van der Waals surface area contributed by atoms with E-state index in [0.29, 0.717) is 5.82 Å². The van der Waals surface area contributed by atoms with E-state index in [2.05, 4.69) is 27.4 Å². The van der Waals surface area contributed by atoms with Crippen LogP contribution in [0, 0.1) is 0 Å². The van der Waals surface area contributed by atoms with Crippen LogP contribution >= 0.6 is 0 Å². The second-order valence-corrected chi connectivity index (χ2v) is 4.49. The molecule has 1 fully saturated rings. The van der Waals surface area contributed by atoms with Crippen molar-refractivity contribution in [3.63, 3.8) is 0 Å². The topological polar surface area (TPSA) is 66.7 Å². The predicted molar refractivity (Wildman–Crippen MR) is 58.9 cm³/mol. The van der Waals surface area contributed by atoms with Crippen LogP contribution in [0.5, 0.6) is 0 Å². The van der Waals surface area contributed by atoms with Crippen LogP contribution in [0.1, 0.15) is 19.2 Å². The fourth-order valence-corrected chi connectivity index (χ4v) is 2.05. The van der Waals surface area contributed by atoms with Gasteiger partial charge < -0.3 is 14.8 Å². The van der Waals surface area contributed by atoms with Gasteiger partial charge in [0.25, 0.3) is 0 Å². The molecule has 0 radical (unpaired) electrons. The van der Waals surface area contributed by atoms with E-state index in [0.717, 1.165) is 31.1 Å². The van der Waals surface area contributed by atoms with E-state index in [1.165, 1.54) is 0 Å². The second kappa shape index (κ2) is 3.45. The zero-order chi connectivity index (χ0) is 11.0. The van der Waals surface area contributed by atoms with Gasteiger partial charge in [-0.25, -0.2) is 0 Å². The molecule has 3 heterocycles. The molecule has 2 N–H and O–H groups in total. The first-order valence-electron chi connectivity index (χ1n) is 5.47. The van der Waals surface area contributed by atoms with Crippen LogP contribution in [0.3, 0.4) is 0 Å². The van der Waals surface area contributed by atoms with Crippen LogP contribution in [0.4, 0.5) is 0 Å². The third-order valence-electron chi connectivity index (χ3n) is 3.15. The van der Waals surface area contributed by atoms with Gasteiger partial charge in [-0.2, -0.15) is 4.98 Å². The molecule has 1 atom stereocenters. The zero-order valence-corrected chi connectivity index (χ0v) is 9.16. The molecule has 0 bridgehead atoms. The Morgan fingerprint density at radius 3 is 3.12 bits per heavy atom. The van der Waals surface area contributed by atoms with Gasteiger partial charge in [0.15, 0.2) is 0 Å². The largest absolute Gasteiger partial charge is 0.359 e. The van der Waals surface area contributed by atoms with Crippen LogP contribution in [0.25, 0.3) is 11.5 Å². The molecule has 0 amide bonds. The van der Waals surface area contributed by atoms with Gasteiger partial charge in [-0.15, -0.1) is 0 Å². The Morgan fingerprint density at radius 1 is 1.50 bits per heavy atom. The standard InChI is InChI=1S/C11H14N4O/c1-11(4-6-12-7-11)10-14-9(15-16-10)8-3-2-5-13-8/h2-3,5,12-13H,4,6-7H2,1H3. The quantitative estimate of drug-likeness (QED) is 0.797. The molecular formula is C11H14N4O. The second-order valence-electron chi connectivity index (χ2n) is 4.49. The lowest BCUT2D eigenvalue weighted by Crippen LogP contribution is -2.25. The van der Waals surface area contributed by atoms with E-state index >= 15 is 0 Å². The fraction of sp³-hybridized carbons (Fsp3) is 0.455. The van der Waals surface area contributed by atoms with Crippen LogP contribution in [-0.4, -0.2) is 28.2 Å². The van der Waals surface area contributed by atoms with Crippen molar-refractivity contribution in [1.29, 1.82) is 0 Å². The average Bonchev–Trinajstić information content (AvgIpc) is 2.98. The number of nitrogens with one attached hydrogen (secondary N) is 2. The van der Waals surface area contributed by atoms with Crippen molar-refractivity contribution in [3.05, 3.63) is 24.2 Å². The minimum absolute atomic E-state index is 0.0160. The Hall–Kier alpha value is -1.62. The highest BCUT2D eigenvalue weighted by Gasteiger charge is 2.36. The molecule has 1 saturated heterocycles. The molecule has 0 spiro atoms. The summed E-state index contributed by atoms with van der Waals surface area (Å²) >= 11 is 0. The molecule has 3 rings (SSSR count). The van der Waals surface area contributed by atoms with Gasteiger partial charge in [-0.3, -0.25) is 0 Å². The van der Waals surface area contributed by atoms with Gasteiger partial charge in [0.1, 0.15) is 0 Å². The summed E-state index contributed by atoms with van der Waals surface area (Å²) in [5.74, 6) is 1.36. The van der Waals surface area contributed by atoms with Gasteiger partial charge in [-0.05, 0) is 32.0 Å². The zero-order valence-electron chi connectivity index (χ0n) is 9.16. The molecule has 2 aromatic heterocycles. The van der Waals surface area contributed by atoms with Crippen molar-refractivity contribution in [2.75, 3.05) is 13.1 Å². The Labute approximate surface area is 93.3 Å². The van der Waals surface area contributed by atoms with Crippen molar-refractivity contribution in [3.8, 4) is 11.5 Å². The normalized spacial score (nSPS) is 25.1. The maximum absolute atomic E-state index is 5.35. The van der Waals surface area contributed by atoms with Crippen molar-refractivity contribution in [1.82, 2.24) is 20.4 Å². The van der Waals surface area contributed by atoms with Crippen molar-refractivity contribution < 1.29 is 4.52 Å². The number of aromatic amines is 1. The summed E-state index contributed by atoms with van der Waals surface area (Å²) in [7, 11) is 0. The van der Waals surface area contributed by atoms with E-state index in [1.807, 2.05) is 18.3 Å². The first-order chi connectivity index (χ1) is 7.78. The highest BCUT2D eigenvalue weighted by atomic mass is 16.5. The van der Waals surface area contributed by atoms with Gasteiger partial charge in [0.05, 0.1) is 11.1 Å². The molecular weight excluding hydrogens is 204 g/mol. The van der Waals surface area contributed by atoms with Gasteiger partial charge in [0, 0.05) is 12.7 Å². The van der Waals surface area contributed by atoms with Crippen molar-refractivity contribution in [2.24, 2.45) is 0 Å². The Balaban J connectivity index is 1.93. The summed E-state index contributed by atoms with van der Waals surface area (Å²) in [5.41, 5.74) is 0.877. The fourth-order valence-electron chi connectivity index (χ4n) is 2.05. The first-order valence-corrected chi connectivity index (χ1v) is 5.47. The molecule has 16 heavy (non-hydrogen) atoms. The molecule has 1 aliphatic heterocycles. The summed E-state index contributed by atoms with van der Waals surface area (Å²) in [6.07, 6.45) is 2.89. The van der Waals surface area contributed by atoms with E-state index in [4.69, 9.17) is 4.52 Å². The first kappa shape index (κ1) is 9.59. The van der Waals surface area contributed by atoms with E-state index in [9.17, 15) is 0 Å². The molecule has 0 aliphatic carbocycles.